The van der Waals surface area contributed by atoms with Gasteiger partial charge in [-0.3, -0.25) is 0 Å². The molecule has 0 N–H and O–H groups in total. The third-order valence-corrected chi connectivity index (χ3v) is 13.5. The summed E-state index contributed by atoms with van der Waals surface area (Å²) in [5, 5.41) is 0. The molecule has 372 valence electrons. The van der Waals surface area contributed by atoms with E-state index in [1.54, 1.807) is 56.9 Å². The van der Waals surface area contributed by atoms with Crippen LogP contribution in [0.15, 0.2) is 72.8 Å². The molecule has 0 aliphatic carbocycles. The lowest BCUT2D eigenvalue weighted by molar-refractivity contribution is -0.941. The summed E-state index contributed by atoms with van der Waals surface area (Å²) in [4.78, 5) is 25.6. The Hall–Kier alpha value is -5.54. The minimum absolute atomic E-state index is 0. The molecule has 14 nitrogen and oxygen atoms in total. The standard InChI is InChI=1S/C52H68N2O12.2ClH/c1-53(23-19-37-31-47(61-7)49(63-9)33-39(37)41(53)27-35-13-15-43(57-3)45(29-35)59-5)21-11-25-65-51(55)17-18-52(56)66-26-12-22-54(2)24-20-38-32-48(62-8)50(64-10)34-40(38)42(54)28-36-14-16-44(58-4)46(30-36)60-6;;/h13-18,29-34,41-42H,11-12,19-28H2,1-10H3;2*1H/q+2;;/p-2/b18-17+;;/t41-,42-,53-,54-;;/m1../s1. The quantitative estimate of drug-likeness (QED) is 0.0491. The third kappa shape index (κ3) is 12.8. The second kappa shape index (κ2) is 25.2. The van der Waals surface area contributed by atoms with Crippen LogP contribution < -0.4 is 62.7 Å². The predicted octanol–water partition coefficient (Wildman–Crippen LogP) is 1.46. The van der Waals surface area contributed by atoms with E-state index in [0.717, 1.165) is 84.1 Å². The van der Waals surface area contributed by atoms with Gasteiger partial charge >= 0.3 is 11.9 Å². The van der Waals surface area contributed by atoms with E-state index in [1.165, 1.54) is 22.3 Å². The van der Waals surface area contributed by atoms with Gasteiger partial charge in [0.05, 0.1) is 110 Å². The summed E-state index contributed by atoms with van der Waals surface area (Å²) in [5.74, 6) is 4.31. The number of carbonyl (C=O) groups is 2. The maximum Gasteiger partial charge on any atom is 0.331 e. The number of ether oxygens (including phenoxy) is 10. The third-order valence-electron chi connectivity index (χ3n) is 13.5. The zero-order chi connectivity index (χ0) is 47.4. The molecule has 0 amide bonds. The van der Waals surface area contributed by atoms with E-state index < -0.39 is 11.9 Å². The molecule has 0 aromatic heterocycles. The molecule has 2 heterocycles. The molecule has 0 bridgehead atoms. The SMILES string of the molecule is COc1ccc(C[C@@H]2c3cc(OC)c(OC)cc3CC[N@@+]2(C)CCCOC(=O)/C=C/C(=O)OCCC[N@+]2(C)CCc3cc(OC)c(OC)cc3[C@H]2Cc2ccc(OC)c(OC)c2)cc1OC.[Cl-].[Cl-]. The normalized spacial score (nSPS) is 19.2. The number of rotatable bonds is 22. The molecule has 4 atom stereocenters. The van der Waals surface area contributed by atoms with E-state index in [2.05, 4.69) is 50.5 Å². The minimum atomic E-state index is -0.590. The van der Waals surface area contributed by atoms with Crippen LogP contribution in [0.1, 0.15) is 58.3 Å². The molecule has 0 fully saturated rings. The van der Waals surface area contributed by atoms with Crippen LogP contribution in [0.25, 0.3) is 0 Å². The van der Waals surface area contributed by atoms with Gasteiger partial charge in [0.2, 0.25) is 0 Å². The number of methoxy groups -OCH3 is 8. The summed E-state index contributed by atoms with van der Waals surface area (Å²) in [6.07, 6.45) is 6.73. The molecule has 4 aromatic rings. The Morgan fingerprint density at radius 3 is 1.15 bits per heavy atom. The van der Waals surface area contributed by atoms with Crippen molar-refractivity contribution in [2.24, 2.45) is 0 Å². The smallest absolute Gasteiger partial charge is 0.331 e. The number of hydrogen-bond donors (Lipinski definition) is 0. The Bertz CT molecular complexity index is 2200. The molecular formula is C52H68Cl2N2O12. The fourth-order valence-corrected chi connectivity index (χ4v) is 9.75. The van der Waals surface area contributed by atoms with Gasteiger partial charge in [0.15, 0.2) is 46.0 Å². The number of hydrogen-bond acceptors (Lipinski definition) is 12. The molecule has 0 spiro atoms. The van der Waals surface area contributed by atoms with Gasteiger partial charge in [0.1, 0.15) is 12.1 Å². The molecule has 2 aliphatic rings. The van der Waals surface area contributed by atoms with Crippen LogP contribution in [0.4, 0.5) is 0 Å². The van der Waals surface area contributed by atoms with Crippen LogP contribution in [-0.4, -0.2) is 131 Å². The summed E-state index contributed by atoms with van der Waals surface area (Å²) < 4.78 is 57.7. The van der Waals surface area contributed by atoms with Crippen LogP contribution in [0, 0.1) is 0 Å². The second-order valence-electron chi connectivity index (χ2n) is 17.4. The Kier molecular flexibility index (Phi) is 20.4. The van der Waals surface area contributed by atoms with Crippen molar-refractivity contribution in [2.45, 2.75) is 50.6 Å². The lowest BCUT2D eigenvalue weighted by Crippen LogP contribution is -3.00. The van der Waals surface area contributed by atoms with Crippen LogP contribution in [-0.2, 0) is 44.7 Å². The number of likely N-dealkylation sites (N-methyl/N-ethyl adjacent to an activating group) is 2. The molecule has 0 radical (unpaired) electrons. The molecule has 0 unspecified atom stereocenters. The summed E-state index contributed by atoms with van der Waals surface area (Å²) in [7, 11) is 17.7. The molecule has 6 rings (SSSR count). The summed E-state index contributed by atoms with van der Waals surface area (Å²) in [6.45, 7) is 3.69. The van der Waals surface area contributed by atoms with Crippen molar-refractivity contribution >= 4 is 11.9 Å². The zero-order valence-corrected chi connectivity index (χ0v) is 42.6. The van der Waals surface area contributed by atoms with Crippen molar-refractivity contribution in [1.29, 1.82) is 0 Å². The highest BCUT2D eigenvalue weighted by molar-refractivity contribution is 5.91. The largest absolute Gasteiger partial charge is 1.00 e. The van der Waals surface area contributed by atoms with Gasteiger partial charge in [-0.15, -0.1) is 0 Å². The number of halogens is 2. The number of carbonyl (C=O) groups excluding carboxylic acids is 2. The van der Waals surface area contributed by atoms with E-state index in [0.29, 0.717) is 58.8 Å². The first-order valence-corrected chi connectivity index (χ1v) is 22.5. The summed E-state index contributed by atoms with van der Waals surface area (Å²) >= 11 is 0. The number of nitrogens with zero attached hydrogens (tertiary/aromatic N) is 2. The van der Waals surface area contributed by atoms with Gasteiger partial charge in [0.25, 0.3) is 0 Å². The van der Waals surface area contributed by atoms with Gasteiger partial charge in [-0.25, -0.2) is 9.59 Å². The van der Waals surface area contributed by atoms with Crippen molar-refractivity contribution in [3.8, 4) is 46.0 Å². The second-order valence-corrected chi connectivity index (χ2v) is 17.4. The van der Waals surface area contributed by atoms with Crippen LogP contribution >= 0.6 is 0 Å². The maximum absolute atomic E-state index is 12.8. The van der Waals surface area contributed by atoms with Crippen molar-refractivity contribution in [3.63, 3.8) is 0 Å². The van der Waals surface area contributed by atoms with Crippen molar-refractivity contribution in [2.75, 3.05) is 110 Å². The zero-order valence-electron chi connectivity index (χ0n) is 41.1. The monoisotopic (exact) mass is 982 g/mol. The van der Waals surface area contributed by atoms with Gasteiger partial charge in [0, 0.05) is 61.8 Å². The topological polar surface area (TPSA) is 126 Å². The number of esters is 2. The van der Waals surface area contributed by atoms with Crippen molar-refractivity contribution in [3.05, 3.63) is 106 Å². The Morgan fingerprint density at radius 1 is 0.485 bits per heavy atom. The molecular weight excluding hydrogens is 915 g/mol. The summed E-state index contributed by atoms with van der Waals surface area (Å²) in [5.41, 5.74) is 7.06. The Labute approximate surface area is 414 Å². The fraction of sp³-hybridized carbons (Fsp3) is 0.462. The molecule has 0 saturated heterocycles. The van der Waals surface area contributed by atoms with Crippen LogP contribution in [0.2, 0.25) is 0 Å². The first-order chi connectivity index (χ1) is 31.9. The molecule has 0 saturated carbocycles. The minimum Gasteiger partial charge on any atom is -1.00 e. The van der Waals surface area contributed by atoms with Crippen LogP contribution in [0.3, 0.4) is 0 Å². The van der Waals surface area contributed by atoms with Gasteiger partial charge in [-0.05, 0) is 70.8 Å². The van der Waals surface area contributed by atoms with Crippen LogP contribution in [0.5, 0.6) is 46.0 Å². The van der Waals surface area contributed by atoms with Gasteiger partial charge < -0.3 is 81.1 Å². The number of quaternary nitrogens is 2. The van der Waals surface area contributed by atoms with E-state index >= 15 is 0 Å². The van der Waals surface area contributed by atoms with Crippen molar-refractivity contribution in [1.82, 2.24) is 0 Å². The average Bonchev–Trinajstić information content (AvgIpc) is 3.34. The van der Waals surface area contributed by atoms with Gasteiger partial charge in [-0.2, -0.15) is 0 Å². The lowest BCUT2D eigenvalue weighted by atomic mass is 9.86. The highest BCUT2D eigenvalue weighted by Gasteiger charge is 2.41. The first kappa shape index (κ1) is 55.1. The van der Waals surface area contributed by atoms with Gasteiger partial charge in [-0.1, -0.05) is 12.1 Å². The molecule has 68 heavy (non-hydrogen) atoms. The van der Waals surface area contributed by atoms with E-state index in [4.69, 9.17) is 47.4 Å². The highest BCUT2D eigenvalue weighted by atomic mass is 35.5. The Balaban J connectivity index is 0.00000504. The maximum atomic E-state index is 12.8. The predicted molar refractivity (Wildman–Crippen MR) is 251 cm³/mol. The first-order valence-electron chi connectivity index (χ1n) is 22.5. The number of fused-ring (bicyclic) bond motifs is 2. The summed E-state index contributed by atoms with van der Waals surface area (Å²) in [6, 6.07) is 20.6. The molecule has 4 aromatic carbocycles. The number of benzene rings is 4. The van der Waals surface area contributed by atoms with E-state index in [1.807, 2.05) is 24.3 Å². The molecule has 2 aliphatic heterocycles. The molecule has 16 heteroatoms. The highest BCUT2D eigenvalue weighted by Crippen LogP contribution is 2.45. The van der Waals surface area contributed by atoms with Crippen molar-refractivity contribution < 1.29 is 90.7 Å². The average molecular weight is 984 g/mol. The van der Waals surface area contributed by atoms with E-state index in [-0.39, 0.29) is 50.1 Å². The lowest BCUT2D eigenvalue weighted by Gasteiger charge is -2.46. The Morgan fingerprint density at radius 2 is 0.809 bits per heavy atom. The fourth-order valence-electron chi connectivity index (χ4n) is 9.75. The van der Waals surface area contributed by atoms with E-state index in [9.17, 15) is 9.59 Å².